The first-order chi connectivity index (χ1) is 22.8. The van der Waals surface area contributed by atoms with E-state index in [0.29, 0.717) is 12.8 Å². The zero-order valence-corrected chi connectivity index (χ0v) is 29.6. The van der Waals surface area contributed by atoms with E-state index in [1.165, 1.54) is 0 Å². The van der Waals surface area contributed by atoms with Gasteiger partial charge in [-0.15, -0.1) is 0 Å². The molecule has 0 amide bonds. The predicted molar refractivity (Wildman–Crippen MR) is 192 cm³/mol. The van der Waals surface area contributed by atoms with Crippen LogP contribution in [-0.4, -0.2) is 49.3 Å². The van der Waals surface area contributed by atoms with Gasteiger partial charge in [-0.2, -0.15) is 0 Å². The fourth-order valence-electron chi connectivity index (χ4n) is 3.94. The molecule has 0 aliphatic rings. The van der Waals surface area contributed by atoms with Crippen LogP contribution in [0.2, 0.25) is 0 Å². The molecule has 2 atom stereocenters. The van der Waals surface area contributed by atoms with Crippen LogP contribution in [0.25, 0.3) is 0 Å². The average Bonchev–Trinajstić information content (AvgIpc) is 3.05. The van der Waals surface area contributed by atoms with E-state index in [9.17, 15) is 19.0 Å². The first-order valence-corrected chi connectivity index (χ1v) is 18.6. The van der Waals surface area contributed by atoms with Crippen LogP contribution in [0.3, 0.4) is 0 Å². The third-order valence-electron chi connectivity index (χ3n) is 6.43. The van der Waals surface area contributed by atoms with Gasteiger partial charge in [-0.3, -0.25) is 18.6 Å². The molecule has 0 fully saturated rings. The van der Waals surface area contributed by atoms with E-state index in [2.05, 4.69) is 44.2 Å². The molecule has 0 aromatic heterocycles. The first kappa shape index (κ1) is 44.2. The van der Waals surface area contributed by atoms with Crippen molar-refractivity contribution in [3.05, 3.63) is 85.1 Å². The Morgan fingerprint density at radius 1 is 0.638 bits per heavy atom. The number of esters is 2. The number of unbranched alkanes of at least 4 members (excludes halogenated alkanes) is 8. The highest BCUT2D eigenvalue weighted by Gasteiger charge is 2.25. The van der Waals surface area contributed by atoms with Crippen molar-refractivity contribution in [2.45, 2.75) is 110 Å². The van der Waals surface area contributed by atoms with E-state index in [4.69, 9.17) is 24.3 Å². The summed E-state index contributed by atoms with van der Waals surface area (Å²) in [4.78, 5) is 34.6. The molecule has 9 nitrogen and oxygen atoms in total. The molecule has 0 bridgehead atoms. The van der Waals surface area contributed by atoms with Crippen LogP contribution in [0.1, 0.15) is 104 Å². The standard InChI is InChI=1S/C37H60NO8P/c1-3-5-7-9-11-13-15-17-19-21-23-25-27-29-36(39)43-33-35(34-45-47(41,42)44-32-31-38)46-37(40)30-28-26-24-22-20-18-16-14-12-10-8-6-4-2/h5-17,19,35H,3-4,18,20-34,38H2,1-2H3,(H,41,42)/b7-5+,8-6+,11-9+,12-10+,15-13+,16-14+,19-17+. The Morgan fingerprint density at radius 3 is 1.66 bits per heavy atom. The Bertz CT molecular complexity index is 1040. The summed E-state index contributed by atoms with van der Waals surface area (Å²) in [5.41, 5.74) is 5.31. The van der Waals surface area contributed by atoms with Crippen LogP contribution >= 0.6 is 7.82 Å². The molecule has 2 unspecified atom stereocenters. The topological polar surface area (TPSA) is 134 Å². The number of hydrogen-bond acceptors (Lipinski definition) is 8. The molecule has 0 rings (SSSR count). The minimum absolute atomic E-state index is 0.0387. The third-order valence-corrected chi connectivity index (χ3v) is 7.42. The lowest BCUT2D eigenvalue weighted by atomic mass is 10.1. The molecular formula is C37H60NO8P. The Kier molecular flexibility index (Phi) is 31.1. The van der Waals surface area contributed by atoms with Gasteiger partial charge in [-0.1, -0.05) is 125 Å². The largest absolute Gasteiger partial charge is 0.472 e. The summed E-state index contributed by atoms with van der Waals surface area (Å²) in [7, 11) is -4.39. The first-order valence-electron chi connectivity index (χ1n) is 17.1. The predicted octanol–water partition coefficient (Wildman–Crippen LogP) is 8.93. The molecule has 0 saturated carbocycles. The van der Waals surface area contributed by atoms with Gasteiger partial charge in [-0.25, -0.2) is 4.57 Å². The molecule has 0 aliphatic heterocycles. The number of hydrogen-bond donors (Lipinski definition) is 2. The highest BCUT2D eigenvalue weighted by molar-refractivity contribution is 7.47. The zero-order valence-electron chi connectivity index (χ0n) is 28.7. The normalized spacial score (nSPS) is 14.6. The van der Waals surface area contributed by atoms with Crippen LogP contribution in [-0.2, 0) is 32.7 Å². The molecule has 47 heavy (non-hydrogen) atoms. The van der Waals surface area contributed by atoms with Crippen molar-refractivity contribution in [1.82, 2.24) is 0 Å². The number of allylic oxidation sites excluding steroid dienone is 14. The summed E-state index contributed by atoms with van der Waals surface area (Å²) in [6, 6.07) is 0. The van der Waals surface area contributed by atoms with Crippen molar-refractivity contribution in [3.8, 4) is 0 Å². The molecule has 0 radical (unpaired) electrons. The molecule has 0 heterocycles. The third kappa shape index (κ3) is 32.9. The molecule has 0 aromatic carbocycles. The summed E-state index contributed by atoms with van der Waals surface area (Å²) < 4.78 is 32.5. The van der Waals surface area contributed by atoms with Crippen molar-refractivity contribution < 1.29 is 37.6 Å². The summed E-state index contributed by atoms with van der Waals surface area (Å²) in [6.07, 6.45) is 39.1. The van der Waals surface area contributed by atoms with Gasteiger partial charge >= 0.3 is 19.8 Å². The molecule has 266 valence electrons. The minimum Gasteiger partial charge on any atom is -0.462 e. The molecule has 0 aliphatic carbocycles. The highest BCUT2D eigenvalue weighted by atomic mass is 31.2. The molecule has 0 aromatic rings. The van der Waals surface area contributed by atoms with Crippen molar-refractivity contribution in [2.75, 3.05) is 26.4 Å². The van der Waals surface area contributed by atoms with Crippen molar-refractivity contribution in [2.24, 2.45) is 5.73 Å². The number of ether oxygens (including phenoxy) is 2. The highest BCUT2D eigenvalue weighted by Crippen LogP contribution is 2.43. The van der Waals surface area contributed by atoms with Crippen LogP contribution in [0, 0.1) is 0 Å². The average molecular weight is 678 g/mol. The number of phosphoric ester groups is 1. The Balaban J connectivity index is 4.41. The Hall–Kier alpha value is -2.81. The zero-order chi connectivity index (χ0) is 34.7. The van der Waals surface area contributed by atoms with Crippen molar-refractivity contribution in [3.63, 3.8) is 0 Å². The van der Waals surface area contributed by atoms with E-state index in [0.717, 1.165) is 64.2 Å². The maximum absolute atomic E-state index is 12.5. The summed E-state index contributed by atoms with van der Waals surface area (Å²) in [5, 5.41) is 0. The Morgan fingerprint density at radius 2 is 1.11 bits per heavy atom. The van der Waals surface area contributed by atoms with E-state index in [1.807, 2.05) is 54.7 Å². The molecule has 0 spiro atoms. The van der Waals surface area contributed by atoms with Crippen LogP contribution < -0.4 is 5.73 Å². The van der Waals surface area contributed by atoms with Crippen LogP contribution in [0.4, 0.5) is 0 Å². The molecular weight excluding hydrogens is 617 g/mol. The number of carbonyl (C=O) groups is 2. The van der Waals surface area contributed by atoms with Gasteiger partial charge in [0.05, 0.1) is 13.2 Å². The smallest absolute Gasteiger partial charge is 0.462 e. The number of nitrogens with two attached hydrogens (primary N) is 1. The van der Waals surface area contributed by atoms with Crippen LogP contribution in [0.15, 0.2) is 85.1 Å². The fourth-order valence-corrected chi connectivity index (χ4v) is 4.70. The van der Waals surface area contributed by atoms with E-state index in [-0.39, 0.29) is 32.6 Å². The quantitative estimate of drug-likeness (QED) is 0.0331. The summed E-state index contributed by atoms with van der Waals surface area (Å²) in [5.74, 6) is -0.913. The number of phosphoric acid groups is 1. The molecule has 3 N–H and O–H groups in total. The SMILES string of the molecule is CC/C=C/C=C/C=C/C=C/CCCCCC(=O)OCC(COP(=O)(O)OCCN)OC(=O)CCCCCCC/C=C/C=C/C=C/CC. The summed E-state index contributed by atoms with van der Waals surface area (Å²) in [6.45, 7) is 3.33. The maximum Gasteiger partial charge on any atom is 0.472 e. The van der Waals surface area contributed by atoms with Gasteiger partial charge in [0.25, 0.3) is 0 Å². The van der Waals surface area contributed by atoms with Gasteiger partial charge in [0.2, 0.25) is 0 Å². The number of carbonyl (C=O) groups excluding carboxylic acids is 2. The number of rotatable bonds is 30. The molecule has 0 saturated heterocycles. The summed E-state index contributed by atoms with van der Waals surface area (Å²) >= 11 is 0. The lowest BCUT2D eigenvalue weighted by Gasteiger charge is -2.19. The van der Waals surface area contributed by atoms with Crippen molar-refractivity contribution >= 4 is 19.8 Å². The van der Waals surface area contributed by atoms with Gasteiger partial charge < -0.3 is 20.1 Å². The second-order valence-electron chi connectivity index (χ2n) is 10.8. The monoisotopic (exact) mass is 677 g/mol. The van der Waals surface area contributed by atoms with Gasteiger partial charge in [0.15, 0.2) is 6.10 Å². The van der Waals surface area contributed by atoms with E-state index >= 15 is 0 Å². The maximum atomic E-state index is 12.5. The fraction of sp³-hybridized carbons (Fsp3) is 0.568. The second kappa shape index (κ2) is 33.1. The van der Waals surface area contributed by atoms with Gasteiger partial charge in [0, 0.05) is 19.4 Å². The van der Waals surface area contributed by atoms with Gasteiger partial charge in [-0.05, 0) is 51.4 Å². The lowest BCUT2D eigenvalue weighted by molar-refractivity contribution is -0.161. The molecule has 10 heteroatoms. The van der Waals surface area contributed by atoms with Gasteiger partial charge in [0.1, 0.15) is 6.61 Å². The van der Waals surface area contributed by atoms with Crippen molar-refractivity contribution in [1.29, 1.82) is 0 Å². The van der Waals surface area contributed by atoms with E-state index in [1.54, 1.807) is 0 Å². The minimum atomic E-state index is -4.39. The van der Waals surface area contributed by atoms with Crippen LogP contribution in [0.5, 0.6) is 0 Å². The second-order valence-corrected chi connectivity index (χ2v) is 12.2. The lowest BCUT2D eigenvalue weighted by Crippen LogP contribution is -2.29. The van der Waals surface area contributed by atoms with E-state index < -0.39 is 32.5 Å². The Labute approximate surface area is 284 Å².